The second kappa shape index (κ2) is 12.1. The van der Waals surface area contributed by atoms with E-state index in [4.69, 9.17) is 0 Å². The first-order chi connectivity index (χ1) is 16.7. The summed E-state index contributed by atoms with van der Waals surface area (Å²) >= 11 is 0. The monoisotopic (exact) mass is 457 g/mol. The van der Waals surface area contributed by atoms with E-state index in [9.17, 15) is 9.90 Å². The standard InChI is InChI=1S/C27H31N5O2/c33-25(23-9-5-2-6-10-23)18-28-16-15-21-11-13-24(14-12-21)31-27(34)17-26-29-20-30-32(26)19-22-7-3-1-4-8-22/h1-14,25,28,30,33H,15-20H2,(H,31,34)/t25-/m0/s1. The van der Waals surface area contributed by atoms with Crippen LogP contribution in [0.2, 0.25) is 0 Å². The van der Waals surface area contributed by atoms with Crippen molar-refractivity contribution in [1.29, 1.82) is 0 Å². The van der Waals surface area contributed by atoms with E-state index in [1.807, 2.05) is 77.8 Å². The van der Waals surface area contributed by atoms with E-state index in [1.54, 1.807) is 0 Å². The van der Waals surface area contributed by atoms with Crippen molar-refractivity contribution in [3.63, 3.8) is 0 Å². The average Bonchev–Trinajstić information content (AvgIpc) is 3.30. The molecule has 1 amide bonds. The van der Waals surface area contributed by atoms with Gasteiger partial charge in [-0.3, -0.25) is 14.8 Å². The van der Waals surface area contributed by atoms with Gasteiger partial charge in [-0.2, -0.15) is 0 Å². The number of hydrogen-bond donors (Lipinski definition) is 4. The number of anilines is 1. The first kappa shape index (κ1) is 23.6. The fraction of sp³-hybridized carbons (Fsp3) is 0.259. The molecule has 4 rings (SSSR count). The van der Waals surface area contributed by atoms with Crippen LogP contribution in [0.1, 0.15) is 29.2 Å². The Hall–Kier alpha value is -3.52. The average molecular weight is 458 g/mol. The van der Waals surface area contributed by atoms with Crippen molar-refractivity contribution < 1.29 is 9.90 Å². The minimum absolute atomic E-state index is 0.0928. The van der Waals surface area contributed by atoms with Crippen LogP contribution in [0.15, 0.2) is 89.9 Å². The minimum atomic E-state index is -0.512. The van der Waals surface area contributed by atoms with Crippen molar-refractivity contribution in [2.24, 2.45) is 4.99 Å². The zero-order valence-corrected chi connectivity index (χ0v) is 19.2. The molecule has 1 aliphatic rings. The van der Waals surface area contributed by atoms with Crippen LogP contribution in [0.25, 0.3) is 0 Å². The smallest absolute Gasteiger partial charge is 0.231 e. The summed E-state index contributed by atoms with van der Waals surface area (Å²) in [7, 11) is 0. The highest BCUT2D eigenvalue weighted by Gasteiger charge is 2.19. The molecule has 0 bridgehead atoms. The summed E-state index contributed by atoms with van der Waals surface area (Å²) in [6.07, 6.45) is 0.545. The van der Waals surface area contributed by atoms with E-state index >= 15 is 0 Å². The molecule has 7 heteroatoms. The lowest BCUT2D eigenvalue weighted by Gasteiger charge is -2.20. The van der Waals surface area contributed by atoms with Gasteiger partial charge in [-0.15, -0.1) is 0 Å². The summed E-state index contributed by atoms with van der Waals surface area (Å²) in [6, 6.07) is 27.6. The van der Waals surface area contributed by atoms with Gasteiger partial charge in [0.2, 0.25) is 5.91 Å². The normalized spacial score (nSPS) is 14.0. The molecule has 34 heavy (non-hydrogen) atoms. The van der Waals surface area contributed by atoms with Crippen molar-refractivity contribution in [2.45, 2.75) is 25.5 Å². The highest BCUT2D eigenvalue weighted by Crippen LogP contribution is 2.13. The van der Waals surface area contributed by atoms with Crippen molar-refractivity contribution in [3.8, 4) is 0 Å². The molecule has 0 fully saturated rings. The maximum Gasteiger partial charge on any atom is 0.231 e. The maximum absolute atomic E-state index is 12.6. The fourth-order valence-corrected chi connectivity index (χ4v) is 3.82. The molecule has 3 aromatic rings. The topological polar surface area (TPSA) is 89.0 Å². The van der Waals surface area contributed by atoms with Crippen LogP contribution in [-0.2, 0) is 17.8 Å². The van der Waals surface area contributed by atoms with E-state index in [1.165, 1.54) is 0 Å². The van der Waals surface area contributed by atoms with Crippen LogP contribution in [0.4, 0.5) is 5.69 Å². The number of carbonyl (C=O) groups excluding carboxylic acids is 1. The second-order valence-electron chi connectivity index (χ2n) is 8.26. The van der Waals surface area contributed by atoms with Crippen molar-refractivity contribution in [2.75, 3.05) is 25.1 Å². The van der Waals surface area contributed by atoms with Crippen molar-refractivity contribution in [3.05, 3.63) is 102 Å². The Labute approximate surface area is 200 Å². The third-order valence-corrected chi connectivity index (χ3v) is 5.69. The van der Waals surface area contributed by atoms with Crippen LogP contribution >= 0.6 is 0 Å². The lowest BCUT2D eigenvalue weighted by molar-refractivity contribution is -0.115. The second-order valence-corrected chi connectivity index (χ2v) is 8.26. The molecule has 1 atom stereocenters. The zero-order chi connectivity index (χ0) is 23.6. The number of nitrogens with one attached hydrogen (secondary N) is 3. The van der Waals surface area contributed by atoms with E-state index < -0.39 is 6.10 Å². The van der Waals surface area contributed by atoms with Crippen molar-refractivity contribution >= 4 is 17.4 Å². The fourth-order valence-electron chi connectivity index (χ4n) is 3.82. The summed E-state index contributed by atoms with van der Waals surface area (Å²) < 4.78 is 0. The van der Waals surface area contributed by atoms with Gasteiger partial charge in [0.1, 0.15) is 12.5 Å². The van der Waals surface area contributed by atoms with Gasteiger partial charge in [-0.1, -0.05) is 72.8 Å². The number of rotatable bonds is 11. The molecule has 1 heterocycles. The number of amidine groups is 1. The molecular weight excluding hydrogens is 426 g/mol. The number of amides is 1. The van der Waals surface area contributed by atoms with Crippen LogP contribution in [0.3, 0.4) is 0 Å². The molecule has 7 nitrogen and oxygen atoms in total. The van der Waals surface area contributed by atoms with E-state index in [2.05, 4.69) is 33.2 Å². The van der Waals surface area contributed by atoms with Gasteiger partial charge in [-0.05, 0) is 41.8 Å². The summed E-state index contributed by atoms with van der Waals surface area (Å²) in [5.74, 6) is 0.645. The minimum Gasteiger partial charge on any atom is -0.387 e. The number of nitrogens with zero attached hydrogens (tertiary/aromatic N) is 2. The lowest BCUT2D eigenvalue weighted by atomic mass is 10.1. The van der Waals surface area contributed by atoms with Gasteiger partial charge < -0.3 is 15.7 Å². The van der Waals surface area contributed by atoms with Crippen molar-refractivity contribution in [1.82, 2.24) is 15.8 Å². The van der Waals surface area contributed by atoms with Gasteiger partial charge in [0.05, 0.1) is 19.1 Å². The van der Waals surface area contributed by atoms with Gasteiger partial charge >= 0.3 is 0 Å². The molecule has 1 aliphatic heterocycles. The molecule has 0 aliphatic carbocycles. The Bertz CT molecular complexity index is 1070. The van der Waals surface area contributed by atoms with Crippen LogP contribution in [0.5, 0.6) is 0 Å². The molecule has 0 saturated carbocycles. The largest absolute Gasteiger partial charge is 0.387 e. The number of carbonyl (C=O) groups is 1. The lowest BCUT2D eigenvalue weighted by Crippen LogP contribution is -2.38. The van der Waals surface area contributed by atoms with Gasteiger partial charge in [0.25, 0.3) is 0 Å². The Balaban J connectivity index is 1.18. The first-order valence-electron chi connectivity index (χ1n) is 11.6. The number of aliphatic hydroxyl groups excluding tert-OH is 1. The third-order valence-electron chi connectivity index (χ3n) is 5.69. The summed E-state index contributed by atoms with van der Waals surface area (Å²) in [5, 5.41) is 18.4. The quantitative estimate of drug-likeness (QED) is 0.332. The molecule has 4 N–H and O–H groups in total. The SMILES string of the molecule is O=C(CC1=NCNN1Cc1ccccc1)Nc1ccc(CCNC[C@H](O)c2ccccc2)cc1. The Kier molecular flexibility index (Phi) is 8.40. The highest BCUT2D eigenvalue weighted by molar-refractivity contribution is 6.05. The molecule has 0 saturated heterocycles. The van der Waals surface area contributed by atoms with Gasteiger partial charge in [-0.25, -0.2) is 5.43 Å². The summed E-state index contributed by atoms with van der Waals surface area (Å²) in [4.78, 5) is 17.0. The number of aliphatic hydroxyl groups is 1. The van der Waals surface area contributed by atoms with Gasteiger partial charge in [0, 0.05) is 12.2 Å². The number of benzene rings is 3. The molecule has 3 aromatic carbocycles. The summed E-state index contributed by atoms with van der Waals surface area (Å²) in [5.41, 5.74) is 7.20. The molecule has 0 radical (unpaired) electrons. The Morgan fingerprint density at radius 1 is 0.971 bits per heavy atom. The molecule has 0 spiro atoms. The van der Waals surface area contributed by atoms with E-state index in [-0.39, 0.29) is 12.3 Å². The van der Waals surface area contributed by atoms with E-state index in [0.717, 1.165) is 41.2 Å². The zero-order valence-electron chi connectivity index (χ0n) is 19.2. The van der Waals surface area contributed by atoms with Crippen LogP contribution < -0.4 is 16.1 Å². The molecular formula is C27H31N5O2. The third kappa shape index (κ3) is 6.99. The number of hydrogen-bond acceptors (Lipinski definition) is 6. The van der Waals surface area contributed by atoms with Gasteiger partial charge in [0.15, 0.2) is 0 Å². The predicted octanol–water partition coefficient (Wildman–Crippen LogP) is 3.26. The van der Waals surface area contributed by atoms with Crippen LogP contribution in [-0.4, -0.2) is 41.6 Å². The predicted molar refractivity (Wildman–Crippen MR) is 135 cm³/mol. The number of hydrazine groups is 1. The molecule has 0 unspecified atom stereocenters. The summed E-state index contributed by atoms with van der Waals surface area (Å²) in [6.45, 7) is 2.43. The van der Waals surface area contributed by atoms with Crippen LogP contribution in [0, 0.1) is 0 Å². The van der Waals surface area contributed by atoms with E-state index in [0.29, 0.717) is 19.8 Å². The highest BCUT2D eigenvalue weighted by atomic mass is 16.3. The molecule has 0 aromatic heterocycles. The molecule has 176 valence electrons. The Morgan fingerprint density at radius 3 is 2.41 bits per heavy atom. The Morgan fingerprint density at radius 2 is 1.68 bits per heavy atom. The first-order valence-corrected chi connectivity index (χ1v) is 11.6. The number of aliphatic imine (C=N–C) groups is 1. The maximum atomic E-state index is 12.6.